The Bertz CT molecular complexity index is 445. The summed E-state index contributed by atoms with van der Waals surface area (Å²) >= 11 is 0. The first kappa shape index (κ1) is 13.1. The Labute approximate surface area is 110 Å². The maximum absolute atomic E-state index is 9.58. The molecule has 2 rings (SSSR count). The minimum Gasteiger partial charge on any atom is -0.272 e. The van der Waals surface area contributed by atoms with Crippen molar-refractivity contribution in [2.45, 2.75) is 52.4 Å². The standard InChI is InChI=1S/C15H23N3/c1-4-13-5-7-15(11-16,8-6-13)10-14-9-12(2)17-18(14)3/h9,13H,4-8,10H2,1-3H3. The highest BCUT2D eigenvalue weighted by molar-refractivity contribution is 5.15. The molecule has 1 aliphatic carbocycles. The fraction of sp³-hybridized carbons (Fsp3) is 0.733. The van der Waals surface area contributed by atoms with Gasteiger partial charge >= 0.3 is 0 Å². The average Bonchev–Trinajstić information content (AvgIpc) is 2.68. The normalized spacial score (nSPS) is 28.0. The van der Waals surface area contributed by atoms with Gasteiger partial charge in [-0.25, -0.2) is 0 Å². The lowest BCUT2D eigenvalue weighted by Crippen LogP contribution is -2.29. The fourth-order valence-electron chi connectivity index (χ4n) is 3.14. The number of hydrogen-bond donors (Lipinski definition) is 0. The molecule has 0 bridgehead atoms. The van der Waals surface area contributed by atoms with Crippen molar-refractivity contribution in [1.82, 2.24) is 9.78 Å². The molecule has 0 radical (unpaired) electrons. The van der Waals surface area contributed by atoms with Crippen LogP contribution in [0.5, 0.6) is 0 Å². The molecule has 1 saturated carbocycles. The van der Waals surface area contributed by atoms with Gasteiger partial charge in [-0.3, -0.25) is 4.68 Å². The van der Waals surface area contributed by atoms with Gasteiger partial charge < -0.3 is 0 Å². The molecule has 0 atom stereocenters. The second-order valence-electron chi connectivity index (χ2n) is 5.82. The zero-order valence-corrected chi connectivity index (χ0v) is 11.7. The number of rotatable bonds is 3. The molecule has 0 amide bonds. The topological polar surface area (TPSA) is 41.6 Å². The van der Waals surface area contributed by atoms with Crippen LogP contribution >= 0.6 is 0 Å². The molecule has 3 nitrogen and oxygen atoms in total. The van der Waals surface area contributed by atoms with E-state index in [1.54, 1.807) is 0 Å². The van der Waals surface area contributed by atoms with Crippen LogP contribution in [0.25, 0.3) is 0 Å². The number of aryl methyl sites for hydroxylation is 2. The zero-order chi connectivity index (χ0) is 13.2. The van der Waals surface area contributed by atoms with E-state index >= 15 is 0 Å². The zero-order valence-electron chi connectivity index (χ0n) is 11.7. The van der Waals surface area contributed by atoms with Gasteiger partial charge in [0.15, 0.2) is 0 Å². The summed E-state index contributed by atoms with van der Waals surface area (Å²) < 4.78 is 1.93. The molecule has 18 heavy (non-hydrogen) atoms. The summed E-state index contributed by atoms with van der Waals surface area (Å²) in [5.74, 6) is 0.833. The summed E-state index contributed by atoms with van der Waals surface area (Å²) in [7, 11) is 1.98. The smallest absolute Gasteiger partial charge is 0.0693 e. The molecule has 0 saturated heterocycles. The van der Waals surface area contributed by atoms with Crippen LogP contribution in [0.15, 0.2) is 6.07 Å². The predicted molar refractivity (Wildman–Crippen MR) is 71.9 cm³/mol. The van der Waals surface area contributed by atoms with Crippen molar-refractivity contribution in [2.24, 2.45) is 18.4 Å². The van der Waals surface area contributed by atoms with E-state index in [-0.39, 0.29) is 5.41 Å². The van der Waals surface area contributed by atoms with E-state index in [0.717, 1.165) is 30.9 Å². The minimum absolute atomic E-state index is 0.147. The van der Waals surface area contributed by atoms with Crippen molar-refractivity contribution in [2.75, 3.05) is 0 Å². The molecule has 1 aromatic rings. The second kappa shape index (κ2) is 5.14. The highest BCUT2D eigenvalue weighted by atomic mass is 15.3. The van der Waals surface area contributed by atoms with Gasteiger partial charge in [-0.2, -0.15) is 10.4 Å². The minimum atomic E-state index is -0.147. The number of aromatic nitrogens is 2. The third-order valence-electron chi connectivity index (χ3n) is 4.50. The summed E-state index contributed by atoms with van der Waals surface area (Å²) in [6, 6.07) is 4.72. The molecule has 1 heterocycles. The van der Waals surface area contributed by atoms with E-state index in [1.165, 1.54) is 25.0 Å². The third-order valence-corrected chi connectivity index (χ3v) is 4.50. The molecule has 1 fully saturated rings. The van der Waals surface area contributed by atoms with E-state index in [4.69, 9.17) is 0 Å². The molecule has 0 aromatic carbocycles. The fourth-order valence-corrected chi connectivity index (χ4v) is 3.14. The highest BCUT2D eigenvalue weighted by Crippen LogP contribution is 2.41. The first-order valence-corrected chi connectivity index (χ1v) is 6.99. The second-order valence-corrected chi connectivity index (χ2v) is 5.82. The first-order chi connectivity index (χ1) is 8.58. The van der Waals surface area contributed by atoms with E-state index in [2.05, 4.69) is 24.2 Å². The molecule has 0 unspecified atom stereocenters. The molecule has 1 aromatic heterocycles. The van der Waals surface area contributed by atoms with Crippen molar-refractivity contribution in [3.8, 4) is 6.07 Å². The first-order valence-electron chi connectivity index (χ1n) is 6.99. The van der Waals surface area contributed by atoms with Gasteiger partial charge in [0.25, 0.3) is 0 Å². The quantitative estimate of drug-likeness (QED) is 0.819. The van der Waals surface area contributed by atoms with Crippen molar-refractivity contribution >= 4 is 0 Å². The maximum atomic E-state index is 9.58. The lowest BCUT2D eigenvalue weighted by Gasteiger charge is -2.34. The Morgan fingerprint density at radius 1 is 1.50 bits per heavy atom. The third kappa shape index (κ3) is 2.58. The largest absolute Gasteiger partial charge is 0.272 e. The van der Waals surface area contributed by atoms with Gasteiger partial charge in [0, 0.05) is 19.2 Å². The highest BCUT2D eigenvalue weighted by Gasteiger charge is 2.35. The van der Waals surface area contributed by atoms with E-state index in [0.29, 0.717) is 0 Å². The van der Waals surface area contributed by atoms with Crippen LogP contribution in [0.2, 0.25) is 0 Å². The van der Waals surface area contributed by atoms with Crippen LogP contribution in [0.3, 0.4) is 0 Å². The number of nitrogens with zero attached hydrogens (tertiary/aromatic N) is 3. The van der Waals surface area contributed by atoms with E-state index in [9.17, 15) is 5.26 Å². The van der Waals surface area contributed by atoms with E-state index < -0.39 is 0 Å². The predicted octanol–water partition coefficient (Wildman–Crippen LogP) is 3.38. The molecule has 3 heteroatoms. The summed E-state index contributed by atoms with van der Waals surface area (Å²) in [5, 5.41) is 14.0. The van der Waals surface area contributed by atoms with E-state index in [1.807, 2.05) is 18.7 Å². The molecule has 98 valence electrons. The molecule has 1 aliphatic rings. The van der Waals surface area contributed by atoms with Gasteiger partial charge in [-0.15, -0.1) is 0 Å². The van der Waals surface area contributed by atoms with Gasteiger partial charge in [0.1, 0.15) is 0 Å². The van der Waals surface area contributed by atoms with Gasteiger partial charge in [0.2, 0.25) is 0 Å². The Morgan fingerprint density at radius 2 is 2.17 bits per heavy atom. The van der Waals surface area contributed by atoms with Crippen molar-refractivity contribution in [3.05, 3.63) is 17.5 Å². The molecular weight excluding hydrogens is 222 g/mol. The lowest BCUT2D eigenvalue weighted by molar-refractivity contribution is 0.202. The Kier molecular flexibility index (Phi) is 3.75. The van der Waals surface area contributed by atoms with Crippen molar-refractivity contribution in [3.63, 3.8) is 0 Å². The number of hydrogen-bond acceptors (Lipinski definition) is 2. The molecule has 0 spiro atoms. The van der Waals surface area contributed by atoms with Crippen LogP contribution in [-0.4, -0.2) is 9.78 Å². The Balaban J connectivity index is 2.11. The Hall–Kier alpha value is -1.30. The monoisotopic (exact) mass is 245 g/mol. The summed E-state index contributed by atoms with van der Waals surface area (Å²) in [6.45, 7) is 4.27. The number of nitriles is 1. The Morgan fingerprint density at radius 3 is 2.61 bits per heavy atom. The van der Waals surface area contributed by atoms with Crippen LogP contribution in [0.1, 0.15) is 50.4 Å². The van der Waals surface area contributed by atoms with Gasteiger partial charge in [-0.1, -0.05) is 13.3 Å². The van der Waals surface area contributed by atoms with Crippen molar-refractivity contribution < 1.29 is 0 Å². The molecule has 0 N–H and O–H groups in total. The van der Waals surface area contributed by atoms with Crippen LogP contribution in [0.4, 0.5) is 0 Å². The molecular formula is C15H23N3. The van der Waals surface area contributed by atoms with Crippen LogP contribution < -0.4 is 0 Å². The summed E-state index contributed by atoms with van der Waals surface area (Å²) in [5.41, 5.74) is 2.10. The molecule has 0 aliphatic heterocycles. The average molecular weight is 245 g/mol. The lowest BCUT2D eigenvalue weighted by atomic mass is 9.68. The van der Waals surface area contributed by atoms with Gasteiger partial charge in [-0.05, 0) is 44.6 Å². The van der Waals surface area contributed by atoms with Gasteiger partial charge in [0.05, 0.1) is 17.2 Å². The van der Waals surface area contributed by atoms with Crippen molar-refractivity contribution in [1.29, 1.82) is 5.26 Å². The summed E-state index contributed by atoms with van der Waals surface area (Å²) in [6.07, 6.45) is 6.63. The van der Waals surface area contributed by atoms with Crippen LogP contribution in [-0.2, 0) is 13.5 Å². The SMILES string of the molecule is CCC1CCC(C#N)(Cc2cc(C)nn2C)CC1. The van der Waals surface area contributed by atoms with Crippen LogP contribution in [0, 0.1) is 29.6 Å². The maximum Gasteiger partial charge on any atom is 0.0693 e. The summed E-state index contributed by atoms with van der Waals surface area (Å²) in [4.78, 5) is 0.